The Kier molecular flexibility index (Phi) is 10.8. The number of unbranched alkanes of at least 4 members (excludes halogenated alkanes) is 1. The Hall–Kier alpha value is -3.36. The van der Waals surface area contributed by atoms with Gasteiger partial charge in [0.25, 0.3) is 10.0 Å². The molecule has 7 nitrogen and oxygen atoms in total. The van der Waals surface area contributed by atoms with Crippen LogP contribution in [0.1, 0.15) is 48.9 Å². The molecule has 0 bridgehead atoms. The lowest BCUT2D eigenvalue weighted by molar-refractivity contribution is -0.139. The quantitative estimate of drug-likeness (QED) is 0.273. The van der Waals surface area contributed by atoms with E-state index in [1.165, 1.54) is 17.0 Å². The summed E-state index contributed by atoms with van der Waals surface area (Å²) < 4.78 is 29.0. The largest absolute Gasteiger partial charge is 0.354 e. The standard InChI is InChI=1S/C31H38ClN3O4S/c1-6-7-17-33-31(37)25(5)34(20-26-10-8-9-23(3)18-26)30(36)21-35(29-16-13-27(32)19-24(29)4)40(38,39)28-14-11-22(2)12-15-28/h8-16,18-19,25H,6-7,17,20-21H2,1-5H3,(H,33,37)/t25-/m0/s1. The van der Waals surface area contributed by atoms with E-state index in [1.54, 1.807) is 44.2 Å². The topological polar surface area (TPSA) is 86.8 Å². The van der Waals surface area contributed by atoms with Crippen molar-refractivity contribution in [1.29, 1.82) is 0 Å². The van der Waals surface area contributed by atoms with Crippen LogP contribution < -0.4 is 9.62 Å². The Labute approximate surface area is 243 Å². The van der Waals surface area contributed by atoms with Crippen molar-refractivity contribution in [3.63, 3.8) is 0 Å². The zero-order valence-electron chi connectivity index (χ0n) is 23.8. The molecule has 3 aromatic rings. The predicted molar refractivity (Wildman–Crippen MR) is 161 cm³/mol. The molecule has 0 aliphatic rings. The average Bonchev–Trinajstić information content (AvgIpc) is 2.90. The second-order valence-electron chi connectivity index (χ2n) is 10.1. The Morgan fingerprint density at radius 2 is 1.65 bits per heavy atom. The maximum Gasteiger partial charge on any atom is 0.264 e. The van der Waals surface area contributed by atoms with E-state index in [9.17, 15) is 18.0 Å². The second-order valence-corrected chi connectivity index (χ2v) is 12.4. The first kappa shape index (κ1) is 31.2. The molecule has 0 aliphatic carbocycles. The fourth-order valence-corrected chi connectivity index (χ4v) is 6.08. The number of benzene rings is 3. The fraction of sp³-hybridized carbons (Fsp3) is 0.355. The zero-order valence-corrected chi connectivity index (χ0v) is 25.3. The number of carbonyl (C=O) groups excluding carboxylic acids is 2. The van der Waals surface area contributed by atoms with E-state index in [-0.39, 0.29) is 17.3 Å². The summed E-state index contributed by atoms with van der Waals surface area (Å²) in [7, 11) is -4.14. The van der Waals surface area contributed by atoms with Crippen LogP contribution >= 0.6 is 11.6 Å². The van der Waals surface area contributed by atoms with Crippen molar-refractivity contribution in [2.45, 2.75) is 64.9 Å². The normalized spacial score (nSPS) is 12.1. The minimum absolute atomic E-state index is 0.0656. The van der Waals surface area contributed by atoms with Crippen LogP contribution in [0.15, 0.2) is 71.6 Å². The van der Waals surface area contributed by atoms with Crippen molar-refractivity contribution in [1.82, 2.24) is 10.2 Å². The lowest BCUT2D eigenvalue weighted by Gasteiger charge is -2.32. The number of hydrogen-bond donors (Lipinski definition) is 1. The minimum atomic E-state index is -4.14. The summed E-state index contributed by atoms with van der Waals surface area (Å²) in [5.74, 6) is -0.783. The van der Waals surface area contributed by atoms with E-state index >= 15 is 0 Å². The molecule has 2 amide bonds. The first-order chi connectivity index (χ1) is 18.9. The van der Waals surface area contributed by atoms with Crippen molar-refractivity contribution in [2.24, 2.45) is 0 Å². The van der Waals surface area contributed by atoms with Crippen molar-refractivity contribution >= 4 is 39.1 Å². The maximum absolute atomic E-state index is 14.0. The van der Waals surface area contributed by atoms with E-state index in [0.717, 1.165) is 33.8 Å². The molecule has 0 saturated heterocycles. The van der Waals surface area contributed by atoms with Gasteiger partial charge >= 0.3 is 0 Å². The number of aryl methyl sites for hydroxylation is 3. The summed E-state index contributed by atoms with van der Waals surface area (Å²) in [5.41, 5.74) is 3.72. The molecule has 1 N–H and O–H groups in total. The number of halogens is 1. The van der Waals surface area contributed by atoms with Gasteiger partial charge in [0.1, 0.15) is 12.6 Å². The molecule has 40 heavy (non-hydrogen) atoms. The highest BCUT2D eigenvalue weighted by Crippen LogP contribution is 2.29. The van der Waals surface area contributed by atoms with Crippen molar-refractivity contribution in [3.8, 4) is 0 Å². The van der Waals surface area contributed by atoms with Crippen LogP contribution in [0.2, 0.25) is 5.02 Å². The Morgan fingerprint density at radius 3 is 2.27 bits per heavy atom. The third-order valence-corrected chi connectivity index (χ3v) is 8.76. The monoisotopic (exact) mass is 583 g/mol. The van der Waals surface area contributed by atoms with Gasteiger partial charge in [-0.15, -0.1) is 0 Å². The van der Waals surface area contributed by atoms with Crippen LogP contribution in [0.4, 0.5) is 5.69 Å². The van der Waals surface area contributed by atoms with Crippen LogP contribution in [0.3, 0.4) is 0 Å². The van der Waals surface area contributed by atoms with Crippen LogP contribution in [-0.2, 0) is 26.2 Å². The summed E-state index contributed by atoms with van der Waals surface area (Å²) in [6, 6.07) is 18.2. The Balaban J connectivity index is 2.04. The number of amides is 2. The van der Waals surface area contributed by atoms with Gasteiger partial charge in [-0.1, -0.05) is 72.5 Å². The maximum atomic E-state index is 14.0. The zero-order chi connectivity index (χ0) is 29.4. The number of anilines is 1. The molecule has 0 heterocycles. The van der Waals surface area contributed by atoms with E-state index in [1.807, 2.05) is 45.0 Å². The lowest BCUT2D eigenvalue weighted by atomic mass is 10.1. The summed E-state index contributed by atoms with van der Waals surface area (Å²) in [5, 5.41) is 3.36. The number of rotatable bonds is 12. The summed E-state index contributed by atoms with van der Waals surface area (Å²) in [4.78, 5) is 28.6. The molecular weight excluding hydrogens is 546 g/mol. The first-order valence-corrected chi connectivity index (χ1v) is 15.2. The van der Waals surface area contributed by atoms with Crippen LogP contribution in [-0.4, -0.2) is 44.3 Å². The highest BCUT2D eigenvalue weighted by atomic mass is 35.5. The van der Waals surface area contributed by atoms with Crippen LogP contribution in [0, 0.1) is 20.8 Å². The van der Waals surface area contributed by atoms with Crippen molar-refractivity contribution < 1.29 is 18.0 Å². The van der Waals surface area contributed by atoms with Gasteiger partial charge in [-0.2, -0.15) is 0 Å². The van der Waals surface area contributed by atoms with Crippen molar-refractivity contribution in [2.75, 3.05) is 17.4 Å². The van der Waals surface area contributed by atoms with Gasteiger partial charge in [0.05, 0.1) is 10.6 Å². The van der Waals surface area contributed by atoms with Gasteiger partial charge in [0.2, 0.25) is 11.8 Å². The predicted octanol–water partition coefficient (Wildman–Crippen LogP) is 5.79. The molecule has 0 saturated carbocycles. The molecule has 0 spiro atoms. The highest BCUT2D eigenvalue weighted by Gasteiger charge is 2.33. The molecular formula is C31H38ClN3O4S. The molecule has 3 aromatic carbocycles. The van der Waals surface area contributed by atoms with Gasteiger partial charge in [0, 0.05) is 18.1 Å². The van der Waals surface area contributed by atoms with Gasteiger partial charge in [-0.25, -0.2) is 8.42 Å². The third-order valence-electron chi connectivity index (χ3n) is 6.75. The van der Waals surface area contributed by atoms with E-state index in [0.29, 0.717) is 22.8 Å². The number of nitrogens with one attached hydrogen (secondary N) is 1. The third kappa shape index (κ3) is 7.86. The average molecular weight is 584 g/mol. The van der Waals surface area contributed by atoms with Gasteiger partial charge in [-0.05, 0) is 75.6 Å². The van der Waals surface area contributed by atoms with Crippen molar-refractivity contribution in [3.05, 3.63) is 94.0 Å². The van der Waals surface area contributed by atoms with E-state index in [4.69, 9.17) is 11.6 Å². The van der Waals surface area contributed by atoms with Crippen LogP contribution in [0.25, 0.3) is 0 Å². The molecule has 0 aliphatic heterocycles. The number of hydrogen-bond acceptors (Lipinski definition) is 4. The Morgan fingerprint density at radius 1 is 0.950 bits per heavy atom. The lowest BCUT2D eigenvalue weighted by Crippen LogP contribution is -2.51. The molecule has 1 atom stereocenters. The van der Waals surface area contributed by atoms with E-state index in [2.05, 4.69) is 5.32 Å². The van der Waals surface area contributed by atoms with Gasteiger partial charge in [0.15, 0.2) is 0 Å². The molecule has 0 fully saturated rings. The van der Waals surface area contributed by atoms with Gasteiger partial charge in [-0.3, -0.25) is 13.9 Å². The number of carbonyl (C=O) groups is 2. The molecule has 0 unspecified atom stereocenters. The first-order valence-electron chi connectivity index (χ1n) is 13.4. The molecule has 0 radical (unpaired) electrons. The molecule has 214 valence electrons. The smallest absolute Gasteiger partial charge is 0.264 e. The fourth-order valence-electron chi connectivity index (χ4n) is 4.38. The number of sulfonamides is 1. The molecule has 9 heteroatoms. The number of nitrogens with zero attached hydrogens (tertiary/aromatic N) is 2. The molecule has 3 rings (SSSR count). The minimum Gasteiger partial charge on any atom is -0.354 e. The molecule has 0 aromatic heterocycles. The second kappa shape index (κ2) is 13.8. The Bertz CT molecular complexity index is 1440. The summed E-state index contributed by atoms with van der Waals surface area (Å²) >= 11 is 6.17. The van der Waals surface area contributed by atoms with Gasteiger partial charge < -0.3 is 10.2 Å². The highest BCUT2D eigenvalue weighted by molar-refractivity contribution is 7.92. The SMILES string of the molecule is CCCCNC(=O)[C@H](C)N(Cc1cccc(C)c1)C(=O)CN(c1ccc(Cl)cc1C)S(=O)(=O)c1ccc(C)cc1. The summed E-state index contributed by atoms with van der Waals surface area (Å²) in [6.45, 7) is 9.44. The van der Waals surface area contributed by atoms with E-state index < -0.39 is 28.5 Å². The summed E-state index contributed by atoms with van der Waals surface area (Å²) in [6.07, 6.45) is 1.75. The van der Waals surface area contributed by atoms with Crippen LogP contribution in [0.5, 0.6) is 0 Å².